The molecular formula is C14H21N3O4. The summed E-state index contributed by atoms with van der Waals surface area (Å²) in [6.45, 7) is 8.20. The van der Waals surface area contributed by atoms with E-state index in [0.717, 1.165) is 12.8 Å². The third-order valence-corrected chi connectivity index (χ3v) is 3.63. The molecule has 0 aliphatic rings. The number of hydrogen-bond acceptors (Lipinski definition) is 5. The highest BCUT2D eigenvalue weighted by atomic mass is 16.6. The highest BCUT2D eigenvalue weighted by Crippen LogP contribution is 2.41. The Morgan fingerprint density at radius 3 is 2.19 bits per heavy atom. The van der Waals surface area contributed by atoms with Crippen molar-refractivity contribution in [3.63, 3.8) is 0 Å². The van der Waals surface area contributed by atoms with E-state index in [1.54, 1.807) is 18.7 Å². The van der Waals surface area contributed by atoms with Gasteiger partial charge in [-0.2, -0.15) is 0 Å². The second-order valence-corrected chi connectivity index (χ2v) is 4.98. The number of hydrogen-bond donors (Lipinski definition) is 0. The fourth-order valence-corrected chi connectivity index (χ4v) is 2.32. The van der Waals surface area contributed by atoms with Crippen molar-refractivity contribution in [1.82, 2.24) is 0 Å². The molecule has 0 unspecified atom stereocenters. The molecule has 0 saturated carbocycles. The smallest absolute Gasteiger partial charge is 0.302 e. The third kappa shape index (κ3) is 3.48. The summed E-state index contributed by atoms with van der Waals surface area (Å²) in [6, 6.07) is 1.42. The first-order chi connectivity index (χ1) is 9.84. The van der Waals surface area contributed by atoms with Crippen LogP contribution in [0.4, 0.5) is 17.1 Å². The number of benzene rings is 1. The van der Waals surface area contributed by atoms with Gasteiger partial charge in [0.25, 0.3) is 5.69 Å². The summed E-state index contributed by atoms with van der Waals surface area (Å²) in [7, 11) is 0. The van der Waals surface area contributed by atoms with Crippen LogP contribution < -0.4 is 4.90 Å². The monoisotopic (exact) mass is 295 g/mol. The number of unbranched alkanes of at least 4 members (excludes halogenated alkanes) is 1. The Morgan fingerprint density at radius 2 is 1.76 bits per heavy atom. The lowest BCUT2D eigenvalue weighted by Crippen LogP contribution is -2.26. The first kappa shape index (κ1) is 16.9. The second kappa shape index (κ2) is 7.01. The average molecular weight is 295 g/mol. The van der Waals surface area contributed by atoms with E-state index < -0.39 is 9.85 Å². The van der Waals surface area contributed by atoms with Crippen LogP contribution in [0.15, 0.2) is 6.07 Å². The van der Waals surface area contributed by atoms with Gasteiger partial charge in [0.05, 0.1) is 9.85 Å². The van der Waals surface area contributed by atoms with Crippen LogP contribution >= 0.6 is 0 Å². The van der Waals surface area contributed by atoms with Gasteiger partial charge in [0.15, 0.2) is 5.69 Å². The maximum atomic E-state index is 11.4. The molecule has 0 radical (unpaired) electrons. The van der Waals surface area contributed by atoms with Gasteiger partial charge in [-0.1, -0.05) is 13.3 Å². The number of nitro benzene ring substituents is 2. The van der Waals surface area contributed by atoms with Gasteiger partial charge in [-0.3, -0.25) is 20.2 Å². The van der Waals surface area contributed by atoms with Crippen LogP contribution in [0.5, 0.6) is 0 Å². The number of anilines is 1. The van der Waals surface area contributed by atoms with Gasteiger partial charge in [0.2, 0.25) is 0 Å². The van der Waals surface area contributed by atoms with Crippen molar-refractivity contribution < 1.29 is 9.85 Å². The van der Waals surface area contributed by atoms with Gasteiger partial charge in [-0.15, -0.1) is 0 Å². The molecule has 0 fully saturated rings. The van der Waals surface area contributed by atoms with E-state index in [1.165, 1.54) is 6.07 Å². The van der Waals surface area contributed by atoms with Gasteiger partial charge < -0.3 is 4.90 Å². The molecule has 116 valence electrons. The van der Waals surface area contributed by atoms with E-state index >= 15 is 0 Å². The number of rotatable bonds is 7. The standard InChI is InChI=1S/C14H21N3O4/c1-5-7-8-15(6-2)14-12(16(18)19)9-10(3)11(4)13(14)17(20)21/h9H,5-8H2,1-4H3. The van der Waals surface area contributed by atoms with Gasteiger partial charge in [0.1, 0.15) is 0 Å². The molecule has 1 aromatic carbocycles. The highest BCUT2D eigenvalue weighted by Gasteiger charge is 2.32. The lowest BCUT2D eigenvalue weighted by atomic mass is 10.0. The molecule has 0 N–H and O–H groups in total. The molecule has 0 bridgehead atoms. The van der Waals surface area contributed by atoms with Gasteiger partial charge in [-0.05, 0) is 32.8 Å². The SMILES string of the molecule is CCCCN(CC)c1c([N+](=O)[O-])cc(C)c(C)c1[N+](=O)[O-]. The molecule has 0 atom stereocenters. The molecule has 21 heavy (non-hydrogen) atoms. The molecule has 0 amide bonds. The van der Waals surface area contributed by atoms with Crippen molar-refractivity contribution in [1.29, 1.82) is 0 Å². The number of nitro groups is 2. The maximum absolute atomic E-state index is 11.4. The van der Waals surface area contributed by atoms with Crippen LogP contribution in [-0.4, -0.2) is 22.9 Å². The van der Waals surface area contributed by atoms with E-state index in [2.05, 4.69) is 0 Å². The van der Waals surface area contributed by atoms with Crippen molar-refractivity contribution in [2.24, 2.45) is 0 Å². The van der Waals surface area contributed by atoms with Crippen molar-refractivity contribution in [3.05, 3.63) is 37.4 Å². The predicted octanol–water partition coefficient (Wildman–Crippen LogP) is 3.75. The topological polar surface area (TPSA) is 89.5 Å². The van der Waals surface area contributed by atoms with Gasteiger partial charge in [0, 0.05) is 24.7 Å². The van der Waals surface area contributed by atoms with Crippen molar-refractivity contribution in [2.75, 3.05) is 18.0 Å². The van der Waals surface area contributed by atoms with Crippen LogP contribution in [0.25, 0.3) is 0 Å². The first-order valence-corrected chi connectivity index (χ1v) is 7.03. The predicted molar refractivity (Wildman–Crippen MR) is 82.0 cm³/mol. The molecule has 0 spiro atoms. The molecule has 7 nitrogen and oxygen atoms in total. The van der Waals surface area contributed by atoms with E-state index in [4.69, 9.17) is 0 Å². The van der Waals surface area contributed by atoms with Crippen LogP contribution in [-0.2, 0) is 0 Å². The summed E-state index contributed by atoms with van der Waals surface area (Å²) >= 11 is 0. The van der Waals surface area contributed by atoms with Crippen LogP contribution in [0.1, 0.15) is 37.8 Å². The lowest BCUT2D eigenvalue weighted by Gasteiger charge is -2.23. The minimum absolute atomic E-state index is 0.129. The average Bonchev–Trinajstić information content (AvgIpc) is 2.42. The molecule has 1 aromatic rings. The van der Waals surface area contributed by atoms with Gasteiger partial charge >= 0.3 is 5.69 Å². The van der Waals surface area contributed by atoms with Crippen molar-refractivity contribution >= 4 is 17.1 Å². The Labute approximate surface area is 123 Å². The zero-order valence-corrected chi connectivity index (χ0v) is 12.9. The Bertz CT molecular complexity index is 558. The molecule has 7 heteroatoms. The Balaban J connectivity index is 3.60. The minimum atomic E-state index is -0.538. The van der Waals surface area contributed by atoms with Crippen LogP contribution in [0.3, 0.4) is 0 Å². The van der Waals surface area contributed by atoms with Gasteiger partial charge in [-0.25, -0.2) is 0 Å². The van der Waals surface area contributed by atoms with E-state index in [-0.39, 0.29) is 17.1 Å². The van der Waals surface area contributed by atoms with Crippen LogP contribution in [0.2, 0.25) is 0 Å². The Hall–Kier alpha value is -2.18. The van der Waals surface area contributed by atoms with E-state index in [9.17, 15) is 20.2 Å². The fourth-order valence-electron chi connectivity index (χ4n) is 2.32. The molecule has 0 heterocycles. The Morgan fingerprint density at radius 1 is 1.14 bits per heavy atom. The zero-order chi connectivity index (χ0) is 16.2. The highest BCUT2D eigenvalue weighted by molar-refractivity contribution is 5.78. The van der Waals surface area contributed by atoms with E-state index in [0.29, 0.717) is 24.2 Å². The number of nitrogens with zero attached hydrogens (tertiary/aromatic N) is 3. The summed E-state index contributed by atoms with van der Waals surface area (Å²) in [4.78, 5) is 23.4. The Kier molecular flexibility index (Phi) is 5.63. The summed E-state index contributed by atoms with van der Waals surface area (Å²) < 4.78 is 0. The molecule has 0 aromatic heterocycles. The fraction of sp³-hybridized carbons (Fsp3) is 0.571. The van der Waals surface area contributed by atoms with E-state index in [1.807, 2.05) is 13.8 Å². The van der Waals surface area contributed by atoms with Crippen molar-refractivity contribution in [2.45, 2.75) is 40.5 Å². The number of aryl methyl sites for hydroxylation is 1. The van der Waals surface area contributed by atoms with Crippen molar-refractivity contribution in [3.8, 4) is 0 Å². The van der Waals surface area contributed by atoms with Crippen LogP contribution in [0, 0.1) is 34.1 Å². The maximum Gasteiger partial charge on any atom is 0.302 e. The summed E-state index contributed by atoms with van der Waals surface area (Å²) in [5.74, 6) is 0. The lowest BCUT2D eigenvalue weighted by molar-refractivity contribution is -0.393. The normalized spacial score (nSPS) is 10.5. The first-order valence-electron chi connectivity index (χ1n) is 7.03. The molecule has 0 saturated heterocycles. The molecule has 1 rings (SSSR count). The summed E-state index contributed by atoms with van der Waals surface area (Å²) in [5, 5.41) is 22.7. The third-order valence-electron chi connectivity index (χ3n) is 3.63. The quantitative estimate of drug-likeness (QED) is 0.564. The molecule has 0 aliphatic heterocycles. The molecular weight excluding hydrogens is 274 g/mol. The summed E-state index contributed by atoms with van der Waals surface area (Å²) in [6.07, 6.45) is 1.75. The minimum Gasteiger partial charge on any atom is -0.361 e. The largest absolute Gasteiger partial charge is 0.361 e. The molecule has 0 aliphatic carbocycles. The second-order valence-electron chi connectivity index (χ2n) is 4.98. The zero-order valence-electron chi connectivity index (χ0n) is 12.9. The summed E-state index contributed by atoms with van der Waals surface area (Å²) in [5.41, 5.74) is 0.825.